The maximum atomic E-state index is 12.9. The van der Waals surface area contributed by atoms with Gasteiger partial charge in [-0.15, -0.1) is 11.3 Å². The van der Waals surface area contributed by atoms with Crippen molar-refractivity contribution in [1.82, 2.24) is 0 Å². The van der Waals surface area contributed by atoms with Crippen LogP contribution >= 0.6 is 59.1 Å². The summed E-state index contributed by atoms with van der Waals surface area (Å²) in [5.41, 5.74) is 2.46. The second kappa shape index (κ2) is 8.99. The molecule has 0 aliphatic rings. The number of carbonyl (C=O) groups is 2. The first-order valence-electron chi connectivity index (χ1n) is 8.19. The minimum absolute atomic E-state index is 0.0664. The van der Waals surface area contributed by atoms with Crippen LogP contribution in [-0.2, 0) is 0 Å². The third-order valence-electron chi connectivity index (χ3n) is 4.10. The van der Waals surface area contributed by atoms with Crippen molar-refractivity contribution in [3.05, 3.63) is 65.8 Å². The number of aromatic carboxylic acids is 1. The van der Waals surface area contributed by atoms with Gasteiger partial charge < -0.3 is 15.2 Å². The maximum absolute atomic E-state index is 12.9. The van der Waals surface area contributed by atoms with Crippen molar-refractivity contribution in [2.45, 2.75) is 6.92 Å². The molecule has 1 amide bonds. The van der Waals surface area contributed by atoms with Crippen LogP contribution in [0.5, 0.6) is 5.75 Å². The molecule has 3 rings (SSSR count). The number of hydrogen-bond acceptors (Lipinski definition) is 4. The van der Waals surface area contributed by atoms with Crippen LogP contribution < -0.4 is 10.1 Å². The number of carboxylic acids is 1. The molecule has 0 aliphatic heterocycles. The Morgan fingerprint density at radius 3 is 2.48 bits per heavy atom. The molecule has 29 heavy (non-hydrogen) atoms. The van der Waals surface area contributed by atoms with E-state index in [9.17, 15) is 14.7 Å². The molecule has 0 radical (unpaired) electrons. The fourth-order valence-electron chi connectivity index (χ4n) is 2.78. The first-order chi connectivity index (χ1) is 13.7. The van der Waals surface area contributed by atoms with E-state index in [0.29, 0.717) is 29.6 Å². The third-order valence-corrected chi connectivity index (χ3v) is 7.83. The molecule has 0 aliphatic carbocycles. The number of aryl methyl sites for hydroxylation is 1. The molecule has 1 heterocycles. The Kier molecular flexibility index (Phi) is 6.83. The maximum Gasteiger partial charge on any atom is 0.339 e. The van der Waals surface area contributed by atoms with E-state index in [1.807, 2.05) is 31.2 Å². The molecule has 0 fully saturated rings. The van der Waals surface area contributed by atoms with Gasteiger partial charge in [0.15, 0.2) is 0 Å². The zero-order valence-electron chi connectivity index (χ0n) is 15.2. The average Bonchev–Trinajstić information content (AvgIpc) is 3.09. The summed E-state index contributed by atoms with van der Waals surface area (Å²) in [7, 11) is 1.52. The van der Waals surface area contributed by atoms with Gasteiger partial charge in [-0.1, -0.05) is 29.8 Å². The second-order valence-corrected chi connectivity index (χ2v) is 9.37. The summed E-state index contributed by atoms with van der Waals surface area (Å²) in [6.07, 6.45) is 0. The molecule has 0 bridgehead atoms. The summed E-state index contributed by atoms with van der Waals surface area (Å²) >= 11 is 11.4. The number of carboxylic acid groups (broad SMARTS) is 1. The fraction of sp³-hybridized carbons (Fsp3) is 0.100. The standard InChI is InChI=1S/C20H14Br3NO4S/c1-9-4-3-5-10(6-9)18-14(20(26)27)13(8-29-18)24-19(25)11-7-12(21)17(28-2)16(23)15(11)22/h3-8H,1-2H3,(H,24,25)(H,26,27). The lowest BCUT2D eigenvalue weighted by Gasteiger charge is -2.13. The lowest BCUT2D eigenvalue weighted by molar-refractivity contribution is 0.0699. The third kappa shape index (κ3) is 4.42. The van der Waals surface area contributed by atoms with Gasteiger partial charge >= 0.3 is 5.97 Å². The molecule has 5 nitrogen and oxygen atoms in total. The van der Waals surface area contributed by atoms with Crippen LogP contribution in [0.25, 0.3) is 10.4 Å². The molecule has 150 valence electrons. The van der Waals surface area contributed by atoms with Crippen molar-refractivity contribution in [2.24, 2.45) is 0 Å². The topological polar surface area (TPSA) is 75.6 Å². The van der Waals surface area contributed by atoms with Crippen molar-refractivity contribution < 1.29 is 19.4 Å². The van der Waals surface area contributed by atoms with Crippen molar-refractivity contribution in [2.75, 3.05) is 12.4 Å². The number of halogens is 3. The molecule has 9 heteroatoms. The number of amides is 1. The Morgan fingerprint density at radius 1 is 1.14 bits per heavy atom. The highest BCUT2D eigenvalue weighted by atomic mass is 79.9. The Hall–Kier alpha value is -1.68. The Bertz CT molecular complexity index is 1130. The zero-order valence-corrected chi connectivity index (χ0v) is 20.8. The quantitative estimate of drug-likeness (QED) is 0.309. The van der Waals surface area contributed by atoms with E-state index in [2.05, 4.69) is 53.1 Å². The predicted molar refractivity (Wildman–Crippen MR) is 125 cm³/mol. The molecular formula is C20H14Br3NO4S. The van der Waals surface area contributed by atoms with Gasteiger partial charge in [0.2, 0.25) is 0 Å². The Morgan fingerprint density at radius 2 is 1.86 bits per heavy atom. The summed E-state index contributed by atoms with van der Waals surface area (Å²) in [4.78, 5) is 25.4. The van der Waals surface area contributed by atoms with Crippen molar-refractivity contribution in [3.8, 4) is 16.2 Å². The van der Waals surface area contributed by atoms with Gasteiger partial charge in [-0.3, -0.25) is 4.79 Å². The van der Waals surface area contributed by atoms with Gasteiger partial charge in [0.25, 0.3) is 5.91 Å². The van der Waals surface area contributed by atoms with Crippen molar-refractivity contribution in [1.29, 1.82) is 0 Å². The monoisotopic (exact) mass is 601 g/mol. The van der Waals surface area contributed by atoms with E-state index in [4.69, 9.17) is 4.74 Å². The number of hydrogen-bond donors (Lipinski definition) is 2. The van der Waals surface area contributed by atoms with E-state index in [1.165, 1.54) is 18.4 Å². The number of anilines is 1. The number of rotatable bonds is 5. The van der Waals surface area contributed by atoms with Crippen LogP contribution in [-0.4, -0.2) is 24.1 Å². The molecule has 0 unspecified atom stereocenters. The summed E-state index contributed by atoms with van der Waals surface area (Å²) in [6, 6.07) is 9.19. The first kappa shape index (κ1) is 22.0. The van der Waals surface area contributed by atoms with Crippen LogP contribution in [0.2, 0.25) is 0 Å². The molecule has 0 saturated carbocycles. The molecule has 3 aromatic rings. The van der Waals surface area contributed by atoms with Crippen LogP contribution in [0, 0.1) is 6.92 Å². The smallest absolute Gasteiger partial charge is 0.339 e. The van der Waals surface area contributed by atoms with Crippen LogP contribution in [0.15, 0.2) is 49.1 Å². The van der Waals surface area contributed by atoms with Crippen molar-refractivity contribution in [3.63, 3.8) is 0 Å². The van der Waals surface area contributed by atoms with Gasteiger partial charge in [-0.25, -0.2) is 4.79 Å². The van der Waals surface area contributed by atoms with Gasteiger partial charge in [0.1, 0.15) is 11.3 Å². The molecule has 0 saturated heterocycles. The van der Waals surface area contributed by atoms with Gasteiger partial charge in [-0.05, 0) is 66.3 Å². The molecule has 0 atom stereocenters. The second-order valence-electron chi connectivity index (χ2n) is 6.05. The molecular weight excluding hydrogens is 590 g/mol. The minimum atomic E-state index is -1.10. The van der Waals surface area contributed by atoms with Crippen LogP contribution in [0.1, 0.15) is 26.3 Å². The zero-order chi connectivity index (χ0) is 21.3. The van der Waals surface area contributed by atoms with Crippen LogP contribution in [0.3, 0.4) is 0 Å². The predicted octanol–water partition coefficient (Wildman–Crippen LogP) is 6.97. The normalized spacial score (nSPS) is 10.7. The lowest BCUT2D eigenvalue weighted by Crippen LogP contribution is -2.15. The number of carbonyl (C=O) groups excluding carboxylic acids is 1. The van der Waals surface area contributed by atoms with E-state index < -0.39 is 11.9 Å². The van der Waals surface area contributed by atoms with Gasteiger partial charge in [0.05, 0.1) is 32.2 Å². The number of methoxy groups -OCH3 is 1. The van der Waals surface area contributed by atoms with E-state index in [-0.39, 0.29) is 11.3 Å². The highest BCUT2D eigenvalue weighted by molar-refractivity contribution is 9.13. The average molecular weight is 604 g/mol. The molecule has 0 spiro atoms. The number of nitrogens with one attached hydrogen (secondary N) is 1. The Balaban J connectivity index is 2.01. The number of thiophene rings is 1. The summed E-state index contributed by atoms with van der Waals surface area (Å²) < 4.78 is 6.95. The van der Waals surface area contributed by atoms with E-state index in [1.54, 1.807) is 11.4 Å². The first-order valence-corrected chi connectivity index (χ1v) is 11.4. The van der Waals surface area contributed by atoms with Gasteiger partial charge in [-0.2, -0.15) is 0 Å². The van der Waals surface area contributed by atoms with Gasteiger partial charge in [0, 0.05) is 9.85 Å². The van der Waals surface area contributed by atoms with Crippen molar-refractivity contribution >= 4 is 76.7 Å². The minimum Gasteiger partial charge on any atom is -0.494 e. The fourth-order valence-corrected chi connectivity index (χ4v) is 5.69. The number of ether oxygens (including phenoxy) is 1. The molecule has 1 aromatic heterocycles. The highest BCUT2D eigenvalue weighted by Gasteiger charge is 2.24. The van der Waals surface area contributed by atoms with E-state index >= 15 is 0 Å². The number of benzene rings is 2. The molecule has 2 N–H and O–H groups in total. The summed E-state index contributed by atoms with van der Waals surface area (Å²) in [6.45, 7) is 1.94. The highest BCUT2D eigenvalue weighted by Crippen LogP contribution is 2.42. The molecule has 2 aromatic carbocycles. The SMILES string of the molecule is COc1c(Br)cc(C(=O)Nc2csc(-c3cccc(C)c3)c2C(=O)O)c(Br)c1Br. The van der Waals surface area contributed by atoms with E-state index in [0.717, 1.165) is 11.1 Å². The lowest BCUT2D eigenvalue weighted by atomic mass is 10.1. The Labute approximate surface area is 196 Å². The summed E-state index contributed by atoms with van der Waals surface area (Å²) in [5.74, 6) is -1.01. The van der Waals surface area contributed by atoms with Crippen LogP contribution in [0.4, 0.5) is 5.69 Å². The largest absolute Gasteiger partial charge is 0.494 e. The summed E-state index contributed by atoms with van der Waals surface area (Å²) in [5, 5.41) is 14.1.